The number of carbonyl (C=O) groups is 4. The highest BCUT2D eigenvalue weighted by molar-refractivity contribution is 6.24. The first-order valence-electron chi connectivity index (χ1n) is 7.45. The number of aliphatic carboxylic acids is 1. The third-order valence-electron chi connectivity index (χ3n) is 4.14. The van der Waals surface area contributed by atoms with Crippen molar-refractivity contribution in [2.24, 2.45) is 0 Å². The highest BCUT2D eigenvalue weighted by Crippen LogP contribution is 2.35. The first-order chi connectivity index (χ1) is 11.4. The van der Waals surface area contributed by atoms with Gasteiger partial charge in [-0.15, -0.1) is 0 Å². The van der Waals surface area contributed by atoms with Crippen molar-refractivity contribution in [2.75, 3.05) is 6.61 Å². The molecule has 1 fully saturated rings. The Hall–Kier alpha value is -2.96. The molecule has 0 saturated heterocycles. The van der Waals surface area contributed by atoms with Crippen molar-refractivity contribution in [1.29, 1.82) is 0 Å². The van der Waals surface area contributed by atoms with Crippen molar-refractivity contribution in [3.05, 3.63) is 41.5 Å². The summed E-state index contributed by atoms with van der Waals surface area (Å²) in [6, 6.07) is 3.60. The molecular weight excluding hydrogens is 314 g/mol. The number of fused-ring (bicyclic) bond motifs is 1. The maximum atomic E-state index is 12.7. The number of ketones is 1. The van der Waals surface area contributed by atoms with E-state index >= 15 is 0 Å². The fourth-order valence-corrected chi connectivity index (χ4v) is 3.04. The van der Waals surface area contributed by atoms with Crippen molar-refractivity contribution in [1.82, 2.24) is 4.90 Å². The minimum atomic E-state index is -1.19. The molecule has 0 aromatic heterocycles. The number of rotatable bonds is 4. The first kappa shape index (κ1) is 15.9. The summed E-state index contributed by atoms with van der Waals surface area (Å²) in [7, 11) is 0. The fourth-order valence-electron chi connectivity index (χ4n) is 3.04. The number of imide groups is 1. The number of carbonyl (C=O) groups excluding carboxylic acids is 3. The summed E-state index contributed by atoms with van der Waals surface area (Å²) in [5.74, 6) is -2.55. The zero-order valence-corrected chi connectivity index (χ0v) is 12.8. The van der Waals surface area contributed by atoms with Crippen molar-refractivity contribution >= 4 is 23.6 Å². The summed E-state index contributed by atoms with van der Waals surface area (Å²) >= 11 is 0. The first-order valence-corrected chi connectivity index (χ1v) is 7.45. The van der Waals surface area contributed by atoms with E-state index in [1.807, 2.05) is 0 Å². The molecule has 0 radical (unpaired) electrons. The van der Waals surface area contributed by atoms with Gasteiger partial charge in [-0.05, 0) is 25.0 Å². The van der Waals surface area contributed by atoms with Gasteiger partial charge in [0.05, 0.1) is 17.2 Å². The second-order valence-corrected chi connectivity index (χ2v) is 5.79. The SMILES string of the molecule is C=C1CCC(N2C(=O)c3cccc(OCC(=O)O)c3C2=O)C(=O)C1. The predicted octanol–water partition coefficient (Wildman–Crippen LogP) is 1.42. The van der Waals surface area contributed by atoms with Crippen molar-refractivity contribution in [3.63, 3.8) is 0 Å². The Morgan fingerprint density at radius 2 is 2.04 bits per heavy atom. The van der Waals surface area contributed by atoms with Gasteiger partial charge >= 0.3 is 5.97 Å². The number of allylic oxidation sites excluding steroid dienone is 1. The highest BCUT2D eigenvalue weighted by atomic mass is 16.5. The lowest BCUT2D eigenvalue weighted by atomic mass is 9.89. The summed E-state index contributed by atoms with van der Waals surface area (Å²) in [4.78, 5) is 49.1. The average Bonchev–Trinajstić information content (AvgIpc) is 2.78. The standard InChI is InChI=1S/C17H15NO6/c1-9-5-6-11(12(19)7-9)18-16(22)10-3-2-4-13(15(10)17(18)23)24-8-14(20)21/h2-4,11H,1,5-8H2,(H,20,21). The van der Waals surface area contributed by atoms with Gasteiger partial charge in [-0.3, -0.25) is 19.3 Å². The van der Waals surface area contributed by atoms with Crippen LogP contribution in [0.5, 0.6) is 5.75 Å². The van der Waals surface area contributed by atoms with Crippen LogP contribution in [0, 0.1) is 0 Å². The van der Waals surface area contributed by atoms with Gasteiger partial charge in [0, 0.05) is 6.42 Å². The van der Waals surface area contributed by atoms with E-state index in [0.29, 0.717) is 12.8 Å². The highest BCUT2D eigenvalue weighted by Gasteiger charge is 2.45. The molecule has 2 amide bonds. The lowest BCUT2D eigenvalue weighted by Gasteiger charge is -2.29. The van der Waals surface area contributed by atoms with Crippen molar-refractivity contribution in [2.45, 2.75) is 25.3 Å². The number of ether oxygens (including phenoxy) is 1. The third-order valence-corrected chi connectivity index (χ3v) is 4.14. The van der Waals surface area contributed by atoms with E-state index in [4.69, 9.17) is 9.84 Å². The van der Waals surface area contributed by atoms with Crippen LogP contribution in [-0.2, 0) is 9.59 Å². The van der Waals surface area contributed by atoms with E-state index in [1.54, 1.807) is 0 Å². The van der Waals surface area contributed by atoms with E-state index in [-0.39, 0.29) is 29.1 Å². The molecular formula is C17H15NO6. The van der Waals surface area contributed by atoms with E-state index < -0.39 is 30.4 Å². The van der Waals surface area contributed by atoms with E-state index in [0.717, 1.165) is 10.5 Å². The normalized spacial score (nSPS) is 20.3. The van der Waals surface area contributed by atoms with Crippen LogP contribution < -0.4 is 4.74 Å². The van der Waals surface area contributed by atoms with Crippen LogP contribution in [0.1, 0.15) is 40.0 Å². The van der Waals surface area contributed by atoms with Gasteiger partial charge in [0.25, 0.3) is 11.8 Å². The van der Waals surface area contributed by atoms with Crippen molar-refractivity contribution in [3.8, 4) is 5.75 Å². The molecule has 1 aliphatic heterocycles. The molecule has 24 heavy (non-hydrogen) atoms. The molecule has 2 aliphatic rings. The van der Waals surface area contributed by atoms with Gasteiger partial charge in [-0.2, -0.15) is 0 Å². The number of hydrogen-bond acceptors (Lipinski definition) is 5. The lowest BCUT2D eigenvalue weighted by molar-refractivity contribution is -0.139. The number of carboxylic acid groups (broad SMARTS) is 1. The van der Waals surface area contributed by atoms with Gasteiger partial charge < -0.3 is 9.84 Å². The van der Waals surface area contributed by atoms with Gasteiger partial charge in [0.1, 0.15) is 5.75 Å². The van der Waals surface area contributed by atoms with Crippen LogP contribution >= 0.6 is 0 Å². The molecule has 1 atom stereocenters. The quantitative estimate of drug-likeness (QED) is 0.662. The smallest absolute Gasteiger partial charge is 0.341 e. The molecule has 1 aromatic carbocycles. The summed E-state index contributed by atoms with van der Waals surface area (Å²) in [6.07, 6.45) is 1.08. The Labute approximate surface area is 137 Å². The Morgan fingerprint density at radius 1 is 1.29 bits per heavy atom. The van der Waals surface area contributed by atoms with Gasteiger partial charge in [0.15, 0.2) is 12.4 Å². The predicted molar refractivity (Wildman–Crippen MR) is 81.9 cm³/mol. The molecule has 0 spiro atoms. The monoisotopic (exact) mass is 329 g/mol. The topological polar surface area (TPSA) is 101 Å². The van der Waals surface area contributed by atoms with Crippen LogP contribution in [0.4, 0.5) is 0 Å². The summed E-state index contributed by atoms with van der Waals surface area (Å²) < 4.78 is 5.11. The number of carboxylic acids is 1. The maximum Gasteiger partial charge on any atom is 0.341 e. The molecule has 1 heterocycles. The number of amides is 2. The van der Waals surface area contributed by atoms with Crippen LogP contribution in [-0.4, -0.2) is 46.2 Å². The second-order valence-electron chi connectivity index (χ2n) is 5.79. The number of hydrogen-bond donors (Lipinski definition) is 1. The molecule has 1 unspecified atom stereocenters. The summed E-state index contributed by atoms with van der Waals surface area (Å²) in [6.45, 7) is 3.15. The van der Waals surface area contributed by atoms with Gasteiger partial charge in [0.2, 0.25) is 0 Å². The van der Waals surface area contributed by atoms with Crippen molar-refractivity contribution < 1.29 is 29.0 Å². The van der Waals surface area contributed by atoms with Crippen LogP contribution in [0.3, 0.4) is 0 Å². The Morgan fingerprint density at radius 3 is 2.71 bits per heavy atom. The number of Topliss-reactive ketones (excluding diaryl/α,β-unsaturated/α-hetero) is 1. The van der Waals surface area contributed by atoms with Crippen LogP contribution in [0.15, 0.2) is 30.4 Å². The largest absolute Gasteiger partial charge is 0.481 e. The molecule has 1 aliphatic carbocycles. The minimum Gasteiger partial charge on any atom is -0.481 e. The van der Waals surface area contributed by atoms with Gasteiger partial charge in [-0.25, -0.2) is 4.79 Å². The fraction of sp³-hybridized carbons (Fsp3) is 0.294. The molecule has 1 N–H and O–H groups in total. The number of benzene rings is 1. The third kappa shape index (κ3) is 2.58. The Bertz CT molecular complexity index is 781. The van der Waals surface area contributed by atoms with E-state index in [2.05, 4.69) is 6.58 Å². The van der Waals surface area contributed by atoms with E-state index in [9.17, 15) is 19.2 Å². The average molecular weight is 329 g/mol. The van der Waals surface area contributed by atoms with Crippen LogP contribution in [0.25, 0.3) is 0 Å². The van der Waals surface area contributed by atoms with E-state index in [1.165, 1.54) is 18.2 Å². The molecule has 1 saturated carbocycles. The molecule has 7 heteroatoms. The van der Waals surface area contributed by atoms with Gasteiger partial charge in [-0.1, -0.05) is 18.2 Å². The Kier molecular flexibility index (Phi) is 3.92. The second kappa shape index (κ2) is 5.92. The zero-order valence-electron chi connectivity index (χ0n) is 12.8. The number of nitrogens with zero attached hydrogens (tertiary/aromatic N) is 1. The molecule has 3 rings (SSSR count). The maximum absolute atomic E-state index is 12.7. The molecule has 0 bridgehead atoms. The Balaban J connectivity index is 1.94. The van der Waals surface area contributed by atoms with Crippen LogP contribution in [0.2, 0.25) is 0 Å². The molecule has 7 nitrogen and oxygen atoms in total. The molecule has 124 valence electrons. The summed E-state index contributed by atoms with van der Waals surface area (Å²) in [5, 5.41) is 8.72. The lowest BCUT2D eigenvalue weighted by Crippen LogP contribution is -2.46. The zero-order chi connectivity index (χ0) is 17.4. The summed E-state index contributed by atoms with van der Waals surface area (Å²) in [5.41, 5.74) is 0.930. The molecule has 1 aromatic rings. The minimum absolute atomic E-state index is 0.0148.